The first-order valence-electron chi connectivity index (χ1n) is 10.1. The molecule has 9 heteroatoms. The predicted octanol–water partition coefficient (Wildman–Crippen LogP) is 4.89. The molecular weight excluding hydrogens is 458 g/mol. The Morgan fingerprint density at radius 3 is 2.21 bits per heavy atom. The second-order valence-corrected chi connectivity index (χ2v) is 7.67. The fourth-order valence-electron chi connectivity index (χ4n) is 3.41. The number of amides is 1. The highest BCUT2D eigenvalue weighted by Gasteiger charge is 2.39. The molecule has 0 aliphatic heterocycles. The van der Waals surface area contributed by atoms with Gasteiger partial charge in [0.15, 0.2) is 5.60 Å². The van der Waals surface area contributed by atoms with E-state index >= 15 is 0 Å². The number of benzene rings is 3. The number of aliphatic hydroxyl groups is 1. The molecule has 0 radical (unpaired) electrons. The summed E-state index contributed by atoms with van der Waals surface area (Å²) >= 11 is 5.85. The summed E-state index contributed by atoms with van der Waals surface area (Å²) in [7, 11) is 0. The quantitative estimate of drug-likeness (QED) is 0.224. The van der Waals surface area contributed by atoms with Gasteiger partial charge in [-0.2, -0.15) is 5.10 Å². The largest absolute Gasteiger partial charge is 0.455 e. The Morgan fingerprint density at radius 1 is 1.00 bits per heavy atom. The predicted molar refractivity (Wildman–Crippen MR) is 127 cm³/mol. The maximum Gasteiger partial charge on any atom is 0.288 e. The second kappa shape index (κ2) is 9.70. The fraction of sp³-hybridized carbons (Fsp3) is 0.0400. The van der Waals surface area contributed by atoms with Gasteiger partial charge in [-0.15, -0.1) is 0 Å². The standard InChI is InChI=1S/C25H18ClN3O5/c26-21-13-11-17(15-22(21)29(32)33)23-14-12-20(34-23)16-27-28-24(30)25(31,18-7-3-1-4-8-18)19-9-5-2-6-10-19/h1-16,31H,(H,28,30)/b27-16-. The van der Waals surface area contributed by atoms with E-state index in [9.17, 15) is 20.0 Å². The maximum absolute atomic E-state index is 13.0. The van der Waals surface area contributed by atoms with E-state index in [2.05, 4.69) is 10.5 Å². The zero-order valence-electron chi connectivity index (χ0n) is 17.6. The Hall–Kier alpha value is -4.27. The molecule has 0 spiro atoms. The van der Waals surface area contributed by atoms with Crippen LogP contribution in [0.4, 0.5) is 5.69 Å². The number of nitro groups is 1. The lowest BCUT2D eigenvalue weighted by Gasteiger charge is -2.26. The Bertz CT molecular complexity index is 1310. The van der Waals surface area contributed by atoms with Crippen molar-refractivity contribution in [2.75, 3.05) is 0 Å². The summed E-state index contributed by atoms with van der Waals surface area (Å²) in [5.74, 6) is -0.102. The van der Waals surface area contributed by atoms with Gasteiger partial charge in [-0.25, -0.2) is 5.43 Å². The van der Waals surface area contributed by atoms with E-state index in [0.717, 1.165) is 0 Å². The third-order valence-electron chi connectivity index (χ3n) is 5.12. The first-order chi connectivity index (χ1) is 16.4. The van der Waals surface area contributed by atoms with Crippen molar-refractivity contribution in [1.29, 1.82) is 0 Å². The molecule has 0 saturated carbocycles. The van der Waals surface area contributed by atoms with Gasteiger partial charge in [-0.3, -0.25) is 14.9 Å². The number of nitrogens with zero attached hydrogens (tertiary/aromatic N) is 2. The van der Waals surface area contributed by atoms with E-state index in [1.54, 1.807) is 78.9 Å². The van der Waals surface area contributed by atoms with Gasteiger partial charge in [0.2, 0.25) is 0 Å². The summed E-state index contributed by atoms with van der Waals surface area (Å²) in [5.41, 5.74) is 1.40. The molecular formula is C25H18ClN3O5. The van der Waals surface area contributed by atoms with Crippen LogP contribution in [0.5, 0.6) is 0 Å². The topological polar surface area (TPSA) is 118 Å². The van der Waals surface area contributed by atoms with Crippen LogP contribution in [0.1, 0.15) is 16.9 Å². The molecule has 1 amide bonds. The van der Waals surface area contributed by atoms with Gasteiger partial charge in [0.25, 0.3) is 11.6 Å². The van der Waals surface area contributed by atoms with Crippen molar-refractivity contribution in [3.63, 3.8) is 0 Å². The average molecular weight is 476 g/mol. The number of carbonyl (C=O) groups excluding carboxylic acids is 1. The molecule has 1 aromatic heterocycles. The van der Waals surface area contributed by atoms with E-state index in [-0.39, 0.29) is 16.5 Å². The first kappa shape index (κ1) is 22.9. The van der Waals surface area contributed by atoms with Crippen molar-refractivity contribution in [3.8, 4) is 11.3 Å². The number of hydrogen-bond acceptors (Lipinski definition) is 6. The molecule has 0 aliphatic carbocycles. The van der Waals surface area contributed by atoms with E-state index < -0.39 is 16.4 Å². The van der Waals surface area contributed by atoms with Crippen molar-refractivity contribution in [2.45, 2.75) is 5.60 Å². The van der Waals surface area contributed by atoms with Crippen LogP contribution in [-0.2, 0) is 10.4 Å². The Morgan fingerprint density at radius 2 is 1.62 bits per heavy atom. The van der Waals surface area contributed by atoms with Gasteiger partial charge < -0.3 is 9.52 Å². The fourth-order valence-corrected chi connectivity index (χ4v) is 3.59. The Kier molecular flexibility index (Phi) is 6.53. The van der Waals surface area contributed by atoms with Crippen molar-refractivity contribution < 1.29 is 19.2 Å². The van der Waals surface area contributed by atoms with Crippen LogP contribution in [0, 0.1) is 10.1 Å². The summed E-state index contributed by atoms with van der Waals surface area (Å²) in [6.07, 6.45) is 1.27. The van der Waals surface area contributed by atoms with Crippen LogP contribution in [0.2, 0.25) is 5.02 Å². The molecule has 0 aliphatic rings. The normalized spacial score (nSPS) is 11.5. The first-order valence-corrected chi connectivity index (χ1v) is 10.5. The summed E-state index contributed by atoms with van der Waals surface area (Å²) < 4.78 is 5.65. The molecule has 0 bridgehead atoms. The molecule has 1 heterocycles. The minimum absolute atomic E-state index is 0.0223. The number of hydrogen-bond donors (Lipinski definition) is 2. The molecule has 170 valence electrons. The van der Waals surface area contributed by atoms with Crippen LogP contribution in [0.15, 0.2) is 101 Å². The van der Waals surface area contributed by atoms with Crippen molar-refractivity contribution in [3.05, 3.63) is 123 Å². The lowest BCUT2D eigenvalue weighted by molar-refractivity contribution is -0.384. The number of furan rings is 1. The highest BCUT2D eigenvalue weighted by atomic mass is 35.5. The number of nitro benzene ring substituents is 1. The van der Waals surface area contributed by atoms with E-state index in [1.165, 1.54) is 18.3 Å². The van der Waals surface area contributed by atoms with Crippen molar-refractivity contribution in [2.24, 2.45) is 5.10 Å². The smallest absolute Gasteiger partial charge is 0.288 e. The number of rotatable bonds is 7. The van der Waals surface area contributed by atoms with E-state index in [4.69, 9.17) is 16.0 Å². The average Bonchev–Trinajstić information content (AvgIpc) is 3.33. The van der Waals surface area contributed by atoms with Crippen LogP contribution < -0.4 is 5.43 Å². The molecule has 3 aromatic carbocycles. The highest BCUT2D eigenvalue weighted by Crippen LogP contribution is 2.31. The lowest BCUT2D eigenvalue weighted by Crippen LogP contribution is -2.43. The molecule has 0 atom stereocenters. The van der Waals surface area contributed by atoms with Crippen molar-refractivity contribution >= 4 is 29.4 Å². The van der Waals surface area contributed by atoms with Crippen molar-refractivity contribution in [1.82, 2.24) is 5.43 Å². The maximum atomic E-state index is 13.0. The second-order valence-electron chi connectivity index (χ2n) is 7.27. The molecule has 8 nitrogen and oxygen atoms in total. The summed E-state index contributed by atoms with van der Waals surface area (Å²) in [6, 6.07) is 24.6. The Balaban J connectivity index is 1.54. The number of halogens is 1. The van der Waals surface area contributed by atoms with Gasteiger partial charge in [-0.1, -0.05) is 72.3 Å². The molecule has 4 aromatic rings. The van der Waals surface area contributed by atoms with Crippen LogP contribution in [-0.4, -0.2) is 22.2 Å². The van der Waals surface area contributed by atoms with Gasteiger partial charge >= 0.3 is 0 Å². The van der Waals surface area contributed by atoms with Gasteiger partial charge in [-0.05, 0) is 35.4 Å². The zero-order valence-corrected chi connectivity index (χ0v) is 18.3. The molecule has 4 rings (SSSR count). The lowest BCUT2D eigenvalue weighted by atomic mass is 9.85. The number of hydrazone groups is 1. The van der Waals surface area contributed by atoms with Gasteiger partial charge in [0, 0.05) is 11.6 Å². The van der Waals surface area contributed by atoms with E-state index in [0.29, 0.717) is 22.5 Å². The minimum atomic E-state index is -1.96. The highest BCUT2D eigenvalue weighted by molar-refractivity contribution is 6.32. The molecule has 0 unspecified atom stereocenters. The molecule has 2 N–H and O–H groups in total. The summed E-state index contributed by atoms with van der Waals surface area (Å²) in [5, 5.41) is 26.4. The van der Waals surface area contributed by atoms with Crippen LogP contribution in [0.25, 0.3) is 11.3 Å². The van der Waals surface area contributed by atoms with Gasteiger partial charge in [0.05, 0.1) is 11.1 Å². The monoisotopic (exact) mass is 475 g/mol. The number of carbonyl (C=O) groups is 1. The minimum Gasteiger partial charge on any atom is -0.455 e. The van der Waals surface area contributed by atoms with Crippen LogP contribution >= 0.6 is 11.6 Å². The number of nitrogens with one attached hydrogen (secondary N) is 1. The van der Waals surface area contributed by atoms with Crippen LogP contribution in [0.3, 0.4) is 0 Å². The summed E-state index contributed by atoms with van der Waals surface area (Å²) in [4.78, 5) is 23.6. The zero-order chi connectivity index (χ0) is 24.1. The summed E-state index contributed by atoms with van der Waals surface area (Å²) in [6.45, 7) is 0. The SMILES string of the molecule is O=C(N/N=C\c1ccc(-c2ccc(Cl)c([N+](=O)[O-])c2)o1)C(O)(c1ccccc1)c1ccccc1. The molecule has 0 fully saturated rings. The van der Waals surface area contributed by atoms with Gasteiger partial charge in [0.1, 0.15) is 16.5 Å². The Labute approximate surface area is 199 Å². The third-order valence-corrected chi connectivity index (χ3v) is 5.44. The molecule has 34 heavy (non-hydrogen) atoms. The molecule has 0 saturated heterocycles. The third kappa shape index (κ3) is 4.59. The van der Waals surface area contributed by atoms with E-state index in [1.807, 2.05) is 0 Å².